The van der Waals surface area contributed by atoms with Gasteiger partial charge in [0.15, 0.2) is 5.78 Å². The average Bonchev–Trinajstić information content (AvgIpc) is 3.02. The van der Waals surface area contributed by atoms with Crippen molar-refractivity contribution < 1.29 is 14.4 Å². The van der Waals surface area contributed by atoms with E-state index < -0.39 is 17.5 Å². The van der Waals surface area contributed by atoms with Crippen LogP contribution in [0, 0.1) is 5.41 Å². The van der Waals surface area contributed by atoms with Gasteiger partial charge in [-0.05, 0) is 36.4 Å². The molecule has 0 saturated carbocycles. The third-order valence-electron chi connectivity index (χ3n) is 5.97. The first kappa shape index (κ1) is 26.3. The molecule has 3 aromatic rings. The Morgan fingerprint density at radius 1 is 0.947 bits per heavy atom. The van der Waals surface area contributed by atoms with Crippen LogP contribution < -0.4 is 20.9 Å². The first-order valence-corrected chi connectivity index (χ1v) is 12.2. The van der Waals surface area contributed by atoms with E-state index in [1.54, 1.807) is 49.6 Å². The Bertz CT molecular complexity index is 1370. The number of rotatable bonds is 7. The van der Waals surface area contributed by atoms with E-state index >= 15 is 0 Å². The van der Waals surface area contributed by atoms with Crippen LogP contribution >= 0.6 is 0 Å². The second-order valence-corrected chi connectivity index (χ2v) is 9.74. The number of fused-ring (bicyclic) bond motifs is 1. The molecule has 3 N–H and O–H groups in total. The fourth-order valence-corrected chi connectivity index (χ4v) is 3.77. The minimum Gasteiger partial charge on any atom is -0.388 e. The minimum absolute atomic E-state index is 0.114. The third kappa shape index (κ3) is 5.97. The molecule has 1 aromatic heterocycles. The Morgan fingerprint density at radius 2 is 1.68 bits per heavy atom. The highest BCUT2D eigenvalue weighted by Crippen LogP contribution is 2.29. The average molecular weight is 514 g/mol. The van der Waals surface area contributed by atoms with Crippen molar-refractivity contribution in [3.8, 4) is 0 Å². The van der Waals surface area contributed by atoms with Crippen molar-refractivity contribution in [2.24, 2.45) is 10.5 Å². The number of amides is 4. The summed E-state index contributed by atoms with van der Waals surface area (Å²) in [6.45, 7) is 5.05. The van der Waals surface area contributed by atoms with Crippen molar-refractivity contribution in [1.82, 2.24) is 15.3 Å². The van der Waals surface area contributed by atoms with E-state index in [0.29, 0.717) is 28.3 Å². The fraction of sp³-hybridized carbons (Fsp3) is 0.250. The molecule has 0 unspecified atom stereocenters. The van der Waals surface area contributed by atoms with Gasteiger partial charge in [0.05, 0.1) is 17.9 Å². The van der Waals surface area contributed by atoms with Gasteiger partial charge in [-0.15, -0.1) is 0 Å². The molecule has 1 aliphatic heterocycles. The Kier molecular flexibility index (Phi) is 7.71. The summed E-state index contributed by atoms with van der Waals surface area (Å²) in [5.74, 6) is -0.114. The van der Waals surface area contributed by atoms with E-state index in [-0.39, 0.29) is 19.0 Å². The minimum atomic E-state index is -0.656. The predicted molar refractivity (Wildman–Crippen MR) is 148 cm³/mol. The molecule has 0 aliphatic carbocycles. The van der Waals surface area contributed by atoms with Crippen LogP contribution in [0.15, 0.2) is 78.0 Å². The van der Waals surface area contributed by atoms with Crippen LogP contribution in [-0.2, 0) is 4.79 Å². The van der Waals surface area contributed by atoms with Gasteiger partial charge in [-0.3, -0.25) is 14.7 Å². The summed E-state index contributed by atoms with van der Waals surface area (Å²) in [5.41, 5.74) is 2.95. The number of ketones is 1. The quantitative estimate of drug-likeness (QED) is 0.429. The number of hydrogen-bond acceptors (Lipinski definition) is 6. The summed E-state index contributed by atoms with van der Waals surface area (Å²) in [5, 5.41) is 14.2. The zero-order chi connectivity index (χ0) is 27.3. The van der Waals surface area contributed by atoms with Gasteiger partial charge >= 0.3 is 12.1 Å². The van der Waals surface area contributed by atoms with E-state index in [9.17, 15) is 14.4 Å². The number of hydrazone groups is 1. The van der Waals surface area contributed by atoms with Crippen LogP contribution in [0.4, 0.5) is 26.7 Å². The molecule has 0 atom stereocenters. The molecule has 2 aromatic carbocycles. The van der Waals surface area contributed by atoms with Crippen molar-refractivity contribution in [1.29, 1.82) is 0 Å². The highest BCUT2D eigenvalue weighted by molar-refractivity contribution is 6.18. The molecule has 196 valence electrons. The first-order chi connectivity index (χ1) is 18.2. The van der Waals surface area contributed by atoms with Crippen molar-refractivity contribution >= 4 is 40.6 Å². The normalized spacial score (nSPS) is 13.3. The van der Waals surface area contributed by atoms with Crippen LogP contribution in [0.3, 0.4) is 0 Å². The SMILES string of the molecule is CNc1cccc(NC(=O)NCN2N=C(c3ccccn3)c3ccccc3N(CC(=O)C(C)(C)C)C2=O)c1. The molecule has 0 fully saturated rings. The van der Waals surface area contributed by atoms with Gasteiger partial charge in [0.25, 0.3) is 0 Å². The summed E-state index contributed by atoms with van der Waals surface area (Å²) < 4.78 is 0. The number of benzene rings is 2. The van der Waals surface area contributed by atoms with Crippen molar-refractivity contribution in [2.75, 3.05) is 35.8 Å². The number of Topliss-reactive ketones (excluding diaryl/α,β-unsaturated/α-hetero) is 1. The number of para-hydroxylation sites is 1. The predicted octanol–water partition coefficient (Wildman–Crippen LogP) is 4.51. The molecule has 0 spiro atoms. The Morgan fingerprint density at radius 3 is 2.39 bits per heavy atom. The van der Waals surface area contributed by atoms with Gasteiger partial charge in [-0.25, -0.2) is 9.59 Å². The lowest BCUT2D eigenvalue weighted by atomic mass is 9.90. The lowest BCUT2D eigenvalue weighted by molar-refractivity contribution is -0.124. The molecule has 0 bridgehead atoms. The van der Waals surface area contributed by atoms with E-state index in [1.807, 2.05) is 51.1 Å². The van der Waals surface area contributed by atoms with Crippen molar-refractivity contribution in [2.45, 2.75) is 20.8 Å². The third-order valence-corrected chi connectivity index (χ3v) is 5.97. The topological polar surface area (TPSA) is 119 Å². The smallest absolute Gasteiger partial charge is 0.347 e. The highest BCUT2D eigenvalue weighted by atomic mass is 16.2. The molecule has 10 nitrogen and oxygen atoms in total. The van der Waals surface area contributed by atoms with Crippen molar-refractivity contribution in [3.63, 3.8) is 0 Å². The maximum Gasteiger partial charge on any atom is 0.347 e. The fourth-order valence-electron chi connectivity index (χ4n) is 3.77. The van der Waals surface area contributed by atoms with Crippen molar-refractivity contribution in [3.05, 3.63) is 84.2 Å². The lowest BCUT2D eigenvalue weighted by Gasteiger charge is -2.28. The largest absolute Gasteiger partial charge is 0.388 e. The molecule has 1 aliphatic rings. The number of carbonyl (C=O) groups is 3. The molecule has 0 saturated heterocycles. The zero-order valence-electron chi connectivity index (χ0n) is 21.9. The first-order valence-electron chi connectivity index (χ1n) is 12.2. The van der Waals surface area contributed by atoms with E-state index in [0.717, 1.165) is 10.7 Å². The summed E-state index contributed by atoms with van der Waals surface area (Å²) in [6.07, 6.45) is 1.64. The van der Waals surface area contributed by atoms with Gasteiger partial charge < -0.3 is 16.0 Å². The monoisotopic (exact) mass is 513 g/mol. The van der Waals surface area contributed by atoms with Crippen LogP contribution in [0.2, 0.25) is 0 Å². The second-order valence-electron chi connectivity index (χ2n) is 9.74. The number of carbonyl (C=O) groups excluding carboxylic acids is 3. The lowest BCUT2D eigenvalue weighted by Crippen LogP contribution is -2.48. The number of pyridine rings is 1. The van der Waals surface area contributed by atoms with Gasteiger partial charge in [-0.2, -0.15) is 10.1 Å². The molecule has 2 heterocycles. The number of urea groups is 2. The molecule has 10 heteroatoms. The molecule has 4 rings (SSSR count). The number of aromatic nitrogens is 1. The zero-order valence-corrected chi connectivity index (χ0v) is 21.9. The Balaban J connectivity index is 1.66. The standard InChI is InChI=1S/C28H31N7O3/c1-28(2,3)24(36)17-34-23-14-6-5-12-21(23)25(22-13-7-8-15-30-22)33-35(27(34)38)18-31-26(37)32-20-11-9-10-19(16-20)29-4/h5-16,29H,17-18H2,1-4H3,(H2,31,32,37). The van der Waals surface area contributed by atoms with E-state index in [4.69, 9.17) is 0 Å². The molecular weight excluding hydrogens is 482 g/mol. The summed E-state index contributed by atoms with van der Waals surface area (Å²) in [6, 6.07) is 18.8. The maximum atomic E-state index is 13.8. The maximum absolute atomic E-state index is 13.8. The molecular formula is C28H31N7O3. The van der Waals surface area contributed by atoms with Gasteiger partial charge in [-0.1, -0.05) is 51.1 Å². The second kappa shape index (κ2) is 11.1. The van der Waals surface area contributed by atoms with Gasteiger partial charge in [0.2, 0.25) is 0 Å². The number of anilines is 3. The summed E-state index contributed by atoms with van der Waals surface area (Å²) in [4.78, 5) is 45.4. The van der Waals surface area contributed by atoms with E-state index in [2.05, 4.69) is 26.0 Å². The molecule has 0 radical (unpaired) electrons. The number of nitrogens with one attached hydrogen (secondary N) is 3. The van der Waals surface area contributed by atoms with Crippen LogP contribution in [0.1, 0.15) is 32.0 Å². The Labute approximate surface area is 221 Å². The summed E-state index contributed by atoms with van der Waals surface area (Å²) >= 11 is 0. The van der Waals surface area contributed by atoms with Crippen LogP contribution in [0.25, 0.3) is 0 Å². The number of hydrogen-bond donors (Lipinski definition) is 3. The highest BCUT2D eigenvalue weighted by Gasteiger charge is 2.34. The molecule has 38 heavy (non-hydrogen) atoms. The van der Waals surface area contributed by atoms with Gasteiger partial charge in [0.1, 0.15) is 12.4 Å². The van der Waals surface area contributed by atoms with E-state index in [1.165, 1.54) is 4.90 Å². The van der Waals surface area contributed by atoms with Crippen LogP contribution in [-0.4, -0.2) is 53.8 Å². The Hall–Kier alpha value is -4.73. The van der Waals surface area contributed by atoms with Crippen LogP contribution in [0.5, 0.6) is 0 Å². The van der Waals surface area contributed by atoms with Gasteiger partial charge in [0, 0.05) is 35.6 Å². The summed E-state index contributed by atoms with van der Waals surface area (Å²) in [7, 11) is 1.79. The molecule has 4 amide bonds. The number of nitrogens with zero attached hydrogens (tertiary/aromatic N) is 4.